The van der Waals surface area contributed by atoms with Gasteiger partial charge in [-0.05, 0) is 25.2 Å². The van der Waals surface area contributed by atoms with Gasteiger partial charge in [-0.3, -0.25) is 14.4 Å². The first-order valence-electron chi connectivity index (χ1n) is 9.44. The lowest BCUT2D eigenvalue weighted by Crippen LogP contribution is -2.57. The maximum absolute atomic E-state index is 12.3. The van der Waals surface area contributed by atoms with Crippen molar-refractivity contribution in [2.75, 3.05) is 5.75 Å². The second kappa shape index (κ2) is 12.6. The molecule has 0 fully saturated rings. The van der Waals surface area contributed by atoms with E-state index in [9.17, 15) is 24.3 Å². The van der Waals surface area contributed by atoms with E-state index in [1.807, 2.05) is 27.7 Å². The molecule has 0 aromatic heterocycles. The van der Waals surface area contributed by atoms with Crippen LogP contribution in [0.1, 0.15) is 47.5 Å². The number of thiol groups is 1. The van der Waals surface area contributed by atoms with Crippen molar-refractivity contribution in [3.05, 3.63) is 0 Å². The predicted molar refractivity (Wildman–Crippen MR) is 110 cm³/mol. The SMILES string of the molecule is CCC(C)C(N)C(=O)NC(C)C(=O)NC(CS)C(=O)NC(CC(C)C)C(=O)O. The molecule has 5 unspecified atom stereocenters. The Kier molecular flexibility index (Phi) is 11.8. The van der Waals surface area contributed by atoms with E-state index in [1.54, 1.807) is 0 Å². The highest BCUT2D eigenvalue weighted by atomic mass is 32.1. The fraction of sp³-hybridized carbons (Fsp3) is 0.778. The van der Waals surface area contributed by atoms with Gasteiger partial charge in [0.15, 0.2) is 0 Å². The molecule has 0 aliphatic heterocycles. The van der Waals surface area contributed by atoms with Crippen molar-refractivity contribution >= 4 is 36.3 Å². The molecule has 0 aliphatic rings. The van der Waals surface area contributed by atoms with Crippen LogP contribution in [-0.2, 0) is 19.2 Å². The van der Waals surface area contributed by atoms with E-state index in [0.29, 0.717) is 0 Å². The van der Waals surface area contributed by atoms with E-state index in [1.165, 1.54) is 6.92 Å². The zero-order valence-corrected chi connectivity index (χ0v) is 18.1. The molecule has 0 spiro atoms. The van der Waals surface area contributed by atoms with Crippen LogP contribution in [0.2, 0.25) is 0 Å². The van der Waals surface area contributed by atoms with Gasteiger partial charge in [-0.1, -0.05) is 34.1 Å². The van der Waals surface area contributed by atoms with E-state index < -0.39 is 47.9 Å². The highest BCUT2D eigenvalue weighted by molar-refractivity contribution is 7.80. The Bertz CT molecular complexity index is 558. The Morgan fingerprint density at radius 2 is 1.46 bits per heavy atom. The summed E-state index contributed by atoms with van der Waals surface area (Å²) in [7, 11) is 0. The van der Waals surface area contributed by atoms with E-state index >= 15 is 0 Å². The predicted octanol–water partition coefficient (Wildman–Crippen LogP) is -0.105. The average Bonchev–Trinajstić information content (AvgIpc) is 2.62. The maximum atomic E-state index is 12.3. The van der Waals surface area contributed by atoms with Gasteiger partial charge < -0.3 is 26.8 Å². The number of carbonyl (C=O) groups excluding carboxylic acids is 3. The van der Waals surface area contributed by atoms with Crippen LogP contribution in [0.5, 0.6) is 0 Å². The number of carboxylic acid groups (broad SMARTS) is 1. The van der Waals surface area contributed by atoms with Crippen LogP contribution in [0.15, 0.2) is 0 Å². The lowest BCUT2D eigenvalue weighted by atomic mass is 9.99. The zero-order valence-electron chi connectivity index (χ0n) is 17.2. The Balaban J connectivity index is 4.86. The topological polar surface area (TPSA) is 151 Å². The minimum absolute atomic E-state index is 0.0291. The average molecular weight is 419 g/mol. The van der Waals surface area contributed by atoms with Crippen LogP contribution in [0.25, 0.3) is 0 Å². The van der Waals surface area contributed by atoms with Crippen molar-refractivity contribution in [2.24, 2.45) is 17.6 Å². The fourth-order valence-electron chi connectivity index (χ4n) is 2.34. The molecule has 0 aromatic rings. The van der Waals surface area contributed by atoms with Crippen LogP contribution < -0.4 is 21.7 Å². The molecule has 10 heteroatoms. The fourth-order valence-corrected chi connectivity index (χ4v) is 2.60. The Morgan fingerprint density at radius 1 is 0.929 bits per heavy atom. The third-order valence-electron chi connectivity index (χ3n) is 4.45. The standard InChI is InChI=1S/C18H34N4O5S/c1-6-10(4)14(19)17(25)20-11(5)15(23)22-13(8-28)16(24)21-12(18(26)27)7-9(2)3/h9-14,28H,6-8,19H2,1-5H3,(H,20,25)(H,21,24)(H,22,23)(H,26,27). The molecule has 9 nitrogen and oxygen atoms in total. The summed E-state index contributed by atoms with van der Waals surface area (Å²) in [6.07, 6.45) is 0.979. The number of nitrogens with two attached hydrogens (primary N) is 1. The molecular weight excluding hydrogens is 384 g/mol. The number of amides is 3. The van der Waals surface area contributed by atoms with Crippen LogP contribution >= 0.6 is 12.6 Å². The van der Waals surface area contributed by atoms with E-state index in [4.69, 9.17) is 5.73 Å². The normalized spacial score (nSPS) is 16.4. The first-order chi connectivity index (χ1) is 12.9. The number of aliphatic carboxylic acids is 1. The van der Waals surface area contributed by atoms with E-state index in [2.05, 4.69) is 28.6 Å². The summed E-state index contributed by atoms with van der Waals surface area (Å²) in [6, 6.07) is -3.75. The third kappa shape index (κ3) is 8.92. The van der Waals surface area contributed by atoms with Gasteiger partial charge >= 0.3 is 5.97 Å². The first kappa shape index (κ1) is 26.2. The summed E-state index contributed by atoms with van der Waals surface area (Å²) in [5.41, 5.74) is 5.84. The highest BCUT2D eigenvalue weighted by Crippen LogP contribution is 2.07. The molecule has 0 saturated carbocycles. The van der Waals surface area contributed by atoms with Gasteiger partial charge in [0, 0.05) is 5.75 Å². The van der Waals surface area contributed by atoms with Crippen LogP contribution in [0.4, 0.5) is 0 Å². The number of nitrogens with one attached hydrogen (secondary N) is 3. The van der Waals surface area contributed by atoms with Crippen LogP contribution in [0.3, 0.4) is 0 Å². The second-order valence-corrected chi connectivity index (χ2v) is 7.78. The molecular formula is C18H34N4O5S. The number of carbonyl (C=O) groups is 4. The van der Waals surface area contributed by atoms with Gasteiger partial charge in [-0.2, -0.15) is 12.6 Å². The minimum Gasteiger partial charge on any atom is -0.480 e. The zero-order chi connectivity index (χ0) is 22.0. The van der Waals surface area contributed by atoms with Gasteiger partial charge in [-0.15, -0.1) is 0 Å². The monoisotopic (exact) mass is 418 g/mol. The van der Waals surface area contributed by atoms with Gasteiger partial charge in [0.2, 0.25) is 17.7 Å². The lowest BCUT2D eigenvalue weighted by Gasteiger charge is -2.24. The van der Waals surface area contributed by atoms with E-state index in [0.717, 1.165) is 6.42 Å². The highest BCUT2D eigenvalue weighted by Gasteiger charge is 2.29. The molecule has 0 bridgehead atoms. The van der Waals surface area contributed by atoms with Crippen molar-refractivity contribution in [2.45, 2.75) is 71.6 Å². The molecule has 0 aliphatic carbocycles. The molecule has 0 aromatic carbocycles. The maximum Gasteiger partial charge on any atom is 0.326 e. The van der Waals surface area contributed by atoms with Crippen molar-refractivity contribution in [1.82, 2.24) is 16.0 Å². The van der Waals surface area contributed by atoms with Gasteiger partial charge in [-0.25, -0.2) is 4.79 Å². The number of carboxylic acids is 1. The summed E-state index contributed by atoms with van der Waals surface area (Å²) in [5.74, 6) is -2.84. The van der Waals surface area contributed by atoms with Crippen LogP contribution in [0, 0.1) is 11.8 Å². The summed E-state index contributed by atoms with van der Waals surface area (Å²) in [5, 5.41) is 16.6. The van der Waals surface area contributed by atoms with Gasteiger partial charge in [0.05, 0.1) is 6.04 Å². The molecule has 6 N–H and O–H groups in total. The van der Waals surface area contributed by atoms with Crippen LogP contribution in [-0.4, -0.2) is 58.7 Å². The van der Waals surface area contributed by atoms with Crippen molar-refractivity contribution in [3.63, 3.8) is 0 Å². The van der Waals surface area contributed by atoms with Crippen molar-refractivity contribution < 1.29 is 24.3 Å². The molecule has 28 heavy (non-hydrogen) atoms. The largest absolute Gasteiger partial charge is 0.480 e. The van der Waals surface area contributed by atoms with E-state index in [-0.39, 0.29) is 24.0 Å². The summed E-state index contributed by atoms with van der Waals surface area (Å²) < 4.78 is 0. The van der Waals surface area contributed by atoms with Gasteiger partial charge in [0.1, 0.15) is 18.1 Å². The summed E-state index contributed by atoms with van der Waals surface area (Å²) >= 11 is 4.05. The second-order valence-electron chi connectivity index (χ2n) is 7.41. The van der Waals surface area contributed by atoms with Crippen molar-refractivity contribution in [3.8, 4) is 0 Å². The molecule has 0 radical (unpaired) electrons. The lowest BCUT2D eigenvalue weighted by molar-refractivity contribution is -0.142. The Hall–Kier alpha value is -1.81. The molecule has 0 heterocycles. The number of rotatable bonds is 12. The Labute approximate surface area is 172 Å². The summed E-state index contributed by atoms with van der Waals surface area (Å²) in [6.45, 7) is 8.91. The molecule has 0 saturated heterocycles. The molecule has 3 amide bonds. The first-order valence-corrected chi connectivity index (χ1v) is 10.1. The number of hydrogen-bond donors (Lipinski definition) is 6. The third-order valence-corrected chi connectivity index (χ3v) is 4.81. The Morgan fingerprint density at radius 3 is 1.89 bits per heavy atom. The molecule has 162 valence electrons. The van der Waals surface area contributed by atoms with Crippen molar-refractivity contribution in [1.29, 1.82) is 0 Å². The van der Waals surface area contributed by atoms with Gasteiger partial charge in [0.25, 0.3) is 0 Å². The summed E-state index contributed by atoms with van der Waals surface area (Å²) in [4.78, 5) is 48.0. The molecule has 0 rings (SSSR count). The number of hydrogen-bond acceptors (Lipinski definition) is 6. The minimum atomic E-state index is -1.15. The molecule has 5 atom stereocenters. The quantitative estimate of drug-likeness (QED) is 0.244. The smallest absolute Gasteiger partial charge is 0.326 e.